The summed E-state index contributed by atoms with van der Waals surface area (Å²) in [4.78, 5) is 29.7. The van der Waals surface area contributed by atoms with Crippen LogP contribution in [0.2, 0.25) is 5.02 Å². The van der Waals surface area contributed by atoms with Crippen molar-refractivity contribution in [3.8, 4) is 0 Å². The molecule has 2 heterocycles. The third kappa shape index (κ3) is 3.11. The molecule has 136 valence electrons. The van der Waals surface area contributed by atoms with E-state index in [9.17, 15) is 9.59 Å². The molecular formula is C20H15ClN2O3S. The Balaban J connectivity index is 1.90. The van der Waals surface area contributed by atoms with Crippen molar-refractivity contribution in [3.63, 3.8) is 0 Å². The molecule has 0 unspecified atom stereocenters. The molecule has 1 amide bonds. The van der Waals surface area contributed by atoms with Crippen LogP contribution in [0.1, 0.15) is 23.0 Å². The van der Waals surface area contributed by atoms with Crippen LogP contribution in [0.4, 0.5) is 0 Å². The molecule has 2 aromatic carbocycles. The highest BCUT2D eigenvalue weighted by Gasteiger charge is 2.14. The number of rotatable bonds is 2. The van der Waals surface area contributed by atoms with Gasteiger partial charge in [-0.2, -0.15) is 4.99 Å². The Morgan fingerprint density at radius 1 is 1.26 bits per heavy atom. The van der Waals surface area contributed by atoms with Crippen molar-refractivity contribution in [1.82, 2.24) is 4.57 Å². The summed E-state index contributed by atoms with van der Waals surface area (Å²) >= 11 is 7.53. The molecular weight excluding hydrogens is 384 g/mol. The Labute approximate surface area is 163 Å². The summed E-state index contributed by atoms with van der Waals surface area (Å²) in [6.07, 6.45) is 0. The number of halogens is 1. The Morgan fingerprint density at radius 3 is 2.81 bits per heavy atom. The first-order valence-electron chi connectivity index (χ1n) is 8.39. The second-order valence-corrected chi connectivity index (χ2v) is 7.53. The number of aromatic nitrogens is 1. The minimum absolute atomic E-state index is 0.0754. The van der Waals surface area contributed by atoms with E-state index in [2.05, 4.69) is 4.99 Å². The Bertz CT molecular complexity index is 1330. The molecule has 4 aromatic rings. The van der Waals surface area contributed by atoms with E-state index in [1.807, 2.05) is 30.5 Å². The Hall–Kier alpha value is -2.70. The minimum Gasteiger partial charge on any atom is -0.451 e. The standard InChI is InChI=1S/C20H15ClN2O3S/c1-3-23-18-11(2)8-12(21)9-17(18)27-20(23)22-19(25)16-10-14(24)13-6-4-5-7-15(13)26-16/h4-10H,3H2,1-2H3. The number of benzene rings is 2. The third-order valence-corrected chi connectivity index (χ3v) is 5.53. The minimum atomic E-state index is -0.588. The zero-order valence-corrected chi connectivity index (χ0v) is 16.2. The van der Waals surface area contributed by atoms with Crippen LogP contribution in [-0.4, -0.2) is 10.5 Å². The van der Waals surface area contributed by atoms with Crippen LogP contribution in [0.3, 0.4) is 0 Å². The molecule has 5 nitrogen and oxygen atoms in total. The summed E-state index contributed by atoms with van der Waals surface area (Å²) in [5.41, 5.74) is 2.11. The number of carbonyl (C=O) groups is 1. The molecule has 0 saturated heterocycles. The van der Waals surface area contributed by atoms with Crippen molar-refractivity contribution in [2.45, 2.75) is 20.4 Å². The van der Waals surface area contributed by atoms with E-state index in [0.717, 1.165) is 15.8 Å². The van der Waals surface area contributed by atoms with Gasteiger partial charge in [0.2, 0.25) is 0 Å². The predicted octanol–water partition coefficient (Wildman–Crippen LogP) is 4.53. The second kappa shape index (κ2) is 6.79. The lowest BCUT2D eigenvalue weighted by Gasteiger charge is -2.04. The number of hydrogen-bond donors (Lipinski definition) is 0. The molecule has 0 saturated carbocycles. The van der Waals surface area contributed by atoms with Crippen LogP contribution in [-0.2, 0) is 6.54 Å². The van der Waals surface area contributed by atoms with Crippen molar-refractivity contribution in [2.75, 3.05) is 0 Å². The normalized spacial score (nSPS) is 12.2. The second-order valence-electron chi connectivity index (χ2n) is 6.09. The lowest BCUT2D eigenvalue weighted by Crippen LogP contribution is -2.17. The van der Waals surface area contributed by atoms with Crippen LogP contribution in [0.25, 0.3) is 21.2 Å². The van der Waals surface area contributed by atoms with Gasteiger partial charge in [-0.3, -0.25) is 9.59 Å². The van der Waals surface area contributed by atoms with E-state index in [1.165, 1.54) is 17.4 Å². The largest absolute Gasteiger partial charge is 0.451 e. The number of fused-ring (bicyclic) bond motifs is 2. The molecule has 0 atom stereocenters. The summed E-state index contributed by atoms with van der Waals surface area (Å²) in [5.74, 6) is -0.663. The molecule has 0 spiro atoms. The highest BCUT2D eigenvalue weighted by atomic mass is 35.5. The van der Waals surface area contributed by atoms with Crippen LogP contribution in [0, 0.1) is 6.92 Å². The van der Waals surface area contributed by atoms with Gasteiger partial charge in [-0.1, -0.05) is 35.1 Å². The number of hydrogen-bond acceptors (Lipinski definition) is 4. The van der Waals surface area contributed by atoms with Crippen molar-refractivity contribution in [2.24, 2.45) is 4.99 Å². The number of nitrogens with zero attached hydrogens (tertiary/aromatic N) is 2. The lowest BCUT2D eigenvalue weighted by molar-refractivity contribution is 0.0972. The van der Waals surface area contributed by atoms with E-state index in [0.29, 0.717) is 27.3 Å². The zero-order valence-electron chi connectivity index (χ0n) is 14.7. The lowest BCUT2D eigenvalue weighted by atomic mass is 10.2. The first-order chi connectivity index (χ1) is 13.0. The van der Waals surface area contributed by atoms with Gasteiger partial charge in [-0.05, 0) is 43.7 Å². The summed E-state index contributed by atoms with van der Waals surface area (Å²) in [6.45, 7) is 4.61. The first-order valence-corrected chi connectivity index (χ1v) is 9.59. The molecule has 0 aliphatic carbocycles. The van der Waals surface area contributed by atoms with Crippen molar-refractivity contribution < 1.29 is 9.21 Å². The maximum Gasteiger partial charge on any atom is 0.315 e. The average molecular weight is 399 g/mol. The van der Waals surface area contributed by atoms with Gasteiger partial charge in [0.15, 0.2) is 16.0 Å². The van der Waals surface area contributed by atoms with E-state index < -0.39 is 5.91 Å². The molecule has 0 bridgehead atoms. The smallest absolute Gasteiger partial charge is 0.315 e. The monoisotopic (exact) mass is 398 g/mol. The molecule has 2 aromatic heterocycles. The van der Waals surface area contributed by atoms with Gasteiger partial charge in [-0.25, -0.2) is 0 Å². The fraction of sp³-hybridized carbons (Fsp3) is 0.150. The summed E-state index contributed by atoms with van der Waals surface area (Å²) < 4.78 is 8.51. The van der Waals surface area contributed by atoms with Gasteiger partial charge in [0.1, 0.15) is 5.58 Å². The fourth-order valence-electron chi connectivity index (χ4n) is 3.11. The number of carbonyl (C=O) groups excluding carboxylic acids is 1. The highest BCUT2D eigenvalue weighted by molar-refractivity contribution is 7.16. The van der Waals surface area contributed by atoms with E-state index in [1.54, 1.807) is 24.3 Å². The number of amides is 1. The summed E-state index contributed by atoms with van der Waals surface area (Å²) in [6, 6.07) is 11.8. The SMILES string of the molecule is CCn1c(=NC(=O)c2cc(=O)c3ccccc3o2)sc2cc(Cl)cc(C)c21. The van der Waals surface area contributed by atoms with Gasteiger partial charge < -0.3 is 8.98 Å². The molecule has 7 heteroatoms. The Kier molecular flexibility index (Phi) is 4.45. The van der Waals surface area contributed by atoms with Crippen LogP contribution < -0.4 is 10.2 Å². The van der Waals surface area contributed by atoms with Crippen molar-refractivity contribution >= 4 is 50.0 Å². The molecule has 27 heavy (non-hydrogen) atoms. The summed E-state index contributed by atoms with van der Waals surface area (Å²) in [7, 11) is 0. The van der Waals surface area contributed by atoms with E-state index in [4.69, 9.17) is 16.0 Å². The van der Waals surface area contributed by atoms with Gasteiger partial charge in [0.05, 0.1) is 15.6 Å². The third-order valence-electron chi connectivity index (χ3n) is 4.29. The molecule has 0 aliphatic heterocycles. The number of para-hydroxylation sites is 1. The maximum atomic E-state index is 12.7. The molecule has 0 fully saturated rings. The molecule has 0 N–H and O–H groups in total. The number of aryl methyl sites for hydroxylation is 2. The fourth-order valence-corrected chi connectivity index (χ4v) is 4.65. The quantitative estimate of drug-likeness (QED) is 0.498. The van der Waals surface area contributed by atoms with Crippen LogP contribution in [0.5, 0.6) is 0 Å². The topological polar surface area (TPSA) is 64.6 Å². The number of thiazole rings is 1. The average Bonchev–Trinajstić information content (AvgIpc) is 2.98. The summed E-state index contributed by atoms with van der Waals surface area (Å²) in [5, 5.41) is 1.08. The Morgan fingerprint density at radius 2 is 2.04 bits per heavy atom. The molecule has 0 aliphatic rings. The van der Waals surface area contributed by atoms with Crippen molar-refractivity contribution in [3.05, 3.63) is 73.8 Å². The van der Waals surface area contributed by atoms with Crippen LogP contribution >= 0.6 is 22.9 Å². The van der Waals surface area contributed by atoms with Gasteiger partial charge >= 0.3 is 5.91 Å². The van der Waals surface area contributed by atoms with Crippen molar-refractivity contribution in [1.29, 1.82) is 0 Å². The zero-order chi connectivity index (χ0) is 19.1. The maximum absolute atomic E-state index is 12.7. The van der Waals surface area contributed by atoms with Gasteiger partial charge in [0, 0.05) is 17.6 Å². The molecule has 4 rings (SSSR count). The van der Waals surface area contributed by atoms with Gasteiger partial charge in [0.25, 0.3) is 0 Å². The van der Waals surface area contributed by atoms with E-state index >= 15 is 0 Å². The highest BCUT2D eigenvalue weighted by Crippen LogP contribution is 2.25. The first kappa shape index (κ1) is 17.7. The van der Waals surface area contributed by atoms with Crippen LogP contribution in [0.15, 0.2) is 56.7 Å². The van der Waals surface area contributed by atoms with E-state index in [-0.39, 0.29) is 11.2 Å². The molecule has 0 radical (unpaired) electrons. The van der Waals surface area contributed by atoms with Gasteiger partial charge in [-0.15, -0.1) is 0 Å². The predicted molar refractivity (Wildman–Crippen MR) is 108 cm³/mol.